The van der Waals surface area contributed by atoms with Gasteiger partial charge in [-0.2, -0.15) is 0 Å². The molecule has 1 aromatic carbocycles. The van der Waals surface area contributed by atoms with E-state index in [1.54, 1.807) is 20.1 Å². The van der Waals surface area contributed by atoms with E-state index in [0.717, 1.165) is 17.8 Å². The zero-order valence-corrected chi connectivity index (χ0v) is 12.5. The van der Waals surface area contributed by atoms with Gasteiger partial charge >= 0.3 is 0 Å². The van der Waals surface area contributed by atoms with Gasteiger partial charge in [-0.05, 0) is 51.0 Å². The van der Waals surface area contributed by atoms with Crippen molar-refractivity contribution in [3.05, 3.63) is 29.1 Å². The normalized spacial score (nSPS) is 14.3. The molecule has 0 aromatic heterocycles. The van der Waals surface area contributed by atoms with Gasteiger partial charge in [0.25, 0.3) is 0 Å². The predicted molar refractivity (Wildman–Crippen MR) is 78.1 cm³/mol. The Kier molecular flexibility index (Phi) is 5.76. The number of halogens is 1. The van der Waals surface area contributed by atoms with E-state index >= 15 is 0 Å². The number of nitrogens with two attached hydrogens (primary N) is 1. The third-order valence-electron chi connectivity index (χ3n) is 3.39. The van der Waals surface area contributed by atoms with Gasteiger partial charge in [0.15, 0.2) is 0 Å². The van der Waals surface area contributed by atoms with Gasteiger partial charge in [-0.25, -0.2) is 4.39 Å². The lowest BCUT2D eigenvalue weighted by atomic mass is 10.0. The summed E-state index contributed by atoms with van der Waals surface area (Å²) in [7, 11) is 1.69. The molecule has 0 heterocycles. The Labute approximate surface area is 115 Å². The van der Waals surface area contributed by atoms with E-state index in [9.17, 15) is 4.39 Å². The largest absolute Gasteiger partial charge is 0.383 e. The number of ether oxygens (including phenoxy) is 1. The second kappa shape index (κ2) is 6.87. The van der Waals surface area contributed by atoms with Crippen molar-refractivity contribution in [2.75, 3.05) is 25.2 Å². The van der Waals surface area contributed by atoms with Crippen LogP contribution in [0.25, 0.3) is 0 Å². The zero-order valence-electron chi connectivity index (χ0n) is 12.5. The third kappa shape index (κ3) is 3.67. The number of rotatable bonds is 6. The number of aryl methyl sites for hydroxylation is 1. The maximum absolute atomic E-state index is 13.7. The molecular weight excluding hydrogens is 243 g/mol. The first kappa shape index (κ1) is 15.9. The smallest absolute Gasteiger partial charge is 0.126 e. The minimum atomic E-state index is -0.202. The van der Waals surface area contributed by atoms with Crippen LogP contribution in [0.1, 0.15) is 37.9 Å². The lowest BCUT2D eigenvalue weighted by Crippen LogP contribution is -2.37. The molecule has 0 fully saturated rings. The van der Waals surface area contributed by atoms with Crippen LogP contribution in [0.4, 0.5) is 10.1 Å². The second-order valence-corrected chi connectivity index (χ2v) is 5.04. The Bertz CT molecular complexity index is 421. The molecule has 0 amide bonds. The molecule has 0 bridgehead atoms. The lowest BCUT2D eigenvalue weighted by molar-refractivity contribution is 0.182. The van der Waals surface area contributed by atoms with Crippen molar-refractivity contribution in [1.82, 2.24) is 0 Å². The fraction of sp³-hybridized carbons (Fsp3) is 0.600. The standard InChI is InChI=1S/C15H25FN2O/c1-6-18(11(3)9-19-5)15-7-10(2)14(16)8-13(15)12(4)17/h7-8,11-12H,6,9,17H2,1-5H3/t11?,12-/m0/s1. The maximum Gasteiger partial charge on any atom is 0.126 e. The fourth-order valence-corrected chi connectivity index (χ4v) is 2.35. The highest BCUT2D eigenvalue weighted by atomic mass is 19.1. The molecule has 1 rings (SSSR count). The third-order valence-corrected chi connectivity index (χ3v) is 3.39. The van der Waals surface area contributed by atoms with Crippen LogP contribution in [0, 0.1) is 12.7 Å². The summed E-state index contributed by atoms with van der Waals surface area (Å²) in [5.41, 5.74) is 8.46. The molecule has 1 aromatic rings. The molecular formula is C15H25FN2O. The average Bonchev–Trinajstić information content (AvgIpc) is 2.34. The van der Waals surface area contributed by atoms with Crippen LogP contribution in [-0.2, 0) is 4.74 Å². The van der Waals surface area contributed by atoms with E-state index in [0.29, 0.717) is 12.2 Å². The van der Waals surface area contributed by atoms with E-state index in [1.807, 2.05) is 13.0 Å². The Morgan fingerprint density at radius 1 is 1.37 bits per heavy atom. The SMILES string of the molecule is CCN(c1cc(C)c(F)cc1[C@H](C)N)C(C)COC. The van der Waals surface area contributed by atoms with Crippen LogP contribution in [0.15, 0.2) is 12.1 Å². The van der Waals surface area contributed by atoms with E-state index in [2.05, 4.69) is 18.7 Å². The number of hydrogen-bond acceptors (Lipinski definition) is 3. The lowest BCUT2D eigenvalue weighted by Gasteiger charge is -2.32. The highest BCUT2D eigenvalue weighted by molar-refractivity contribution is 5.57. The maximum atomic E-state index is 13.7. The predicted octanol–water partition coefficient (Wildman–Crippen LogP) is 3.02. The van der Waals surface area contributed by atoms with Crippen LogP contribution in [0.3, 0.4) is 0 Å². The van der Waals surface area contributed by atoms with Crippen molar-refractivity contribution in [2.45, 2.75) is 39.8 Å². The van der Waals surface area contributed by atoms with Gasteiger partial charge in [0, 0.05) is 31.4 Å². The molecule has 3 nitrogen and oxygen atoms in total. The Morgan fingerprint density at radius 3 is 2.47 bits per heavy atom. The molecule has 0 spiro atoms. The zero-order chi connectivity index (χ0) is 14.6. The number of methoxy groups -OCH3 is 1. The molecule has 108 valence electrons. The molecule has 0 radical (unpaired) electrons. The van der Waals surface area contributed by atoms with Crippen molar-refractivity contribution in [3.63, 3.8) is 0 Å². The van der Waals surface area contributed by atoms with Gasteiger partial charge in [0.05, 0.1) is 6.61 Å². The van der Waals surface area contributed by atoms with Gasteiger partial charge in [-0.1, -0.05) is 0 Å². The van der Waals surface area contributed by atoms with Crippen LogP contribution < -0.4 is 10.6 Å². The fourth-order valence-electron chi connectivity index (χ4n) is 2.35. The summed E-state index contributed by atoms with van der Waals surface area (Å²) in [5.74, 6) is -0.202. The molecule has 2 atom stereocenters. The number of anilines is 1. The molecule has 0 aliphatic heterocycles. The van der Waals surface area contributed by atoms with Gasteiger partial charge in [0.1, 0.15) is 5.82 Å². The number of nitrogens with zero attached hydrogens (tertiary/aromatic N) is 1. The molecule has 0 aliphatic carbocycles. The van der Waals surface area contributed by atoms with Crippen molar-refractivity contribution < 1.29 is 9.13 Å². The summed E-state index contributed by atoms with van der Waals surface area (Å²) < 4.78 is 19.0. The summed E-state index contributed by atoms with van der Waals surface area (Å²) in [4.78, 5) is 2.20. The van der Waals surface area contributed by atoms with E-state index < -0.39 is 0 Å². The summed E-state index contributed by atoms with van der Waals surface area (Å²) in [6.45, 7) is 9.28. The highest BCUT2D eigenvalue weighted by Crippen LogP contribution is 2.29. The molecule has 4 heteroatoms. The van der Waals surface area contributed by atoms with Crippen LogP contribution in [-0.4, -0.2) is 26.3 Å². The highest BCUT2D eigenvalue weighted by Gasteiger charge is 2.19. The van der Waals surface area contributed by atoms with Crippen molar-refractivity contribution >= 4 is 5.69 Å². The summed E-state index contributed by atoms with van der Waals surface area (Å²) in [6.07, 6.45) is 0. The average molecular weight is 268 g/mol. The van der Waals surface area contributed by atoms with Crippen LogP contribution >= 0.6 is 0 Å². The number of likely N-dealkylation sites (N-methyl/N-ethyl adjacent to an activating group) is 1. The first-order chi connectivity index (χ1) is 8.92. The Hall–Kier alpha value is -1.13. The van der Waals surface area contributed by atoms with E-state index in [-0.39, 0.29) is 17.9 Å². The minimum absolute atomic E-state index is 0.200. The number of hydrogen-bond donors (Lipinski definition) is 1. The Balaban J connectivity index is 3.25. The molecule has 2 N–H and O–H groups in total. The Morgan fingerprint density at radius 2 is 2.00 bits per heavy atom. The van der Waals surface area contributed by atoms with E-state index in [1.165, 1.54) is 0 Å². The summed E-state index contributed by atoms with van der Waals surface area (Å²) in [6, 6.07) is 3.45. The number of benzene rings is 1. The van der Waals surface area contributed by atoms with Gasteiger partial charge < -0.3 is 15.4 Å². The monoisotopic (exact) mass is 268 g/mol. The molecule has 19 heavy (non-hydrogen) atoms. The van der Waals surface area contributed by atoms with Gasteiger partial charge in [-0.3, -0.25) is 0 Å². The van der Waals surface area contributed by atoms with Crippen molar-refractivity contribution in [1.29, 1.82) is 0 Å². The molecule has 0 aliphatic rings. The molecule has 0 saturated heterocycles. The van der Waals surface area contributed by atoms with Gasteiger partial charge in [-0.15, -0.1) is 0 Å². The van der Waals surface area contributed by atoms with Crippen molar-refractivity contribution in [3.8, 4) is 0 Å². The minimum Gasteiger partial charge on any atom is -0.383 e. The topological polar surface area (TPSA) is 38.5 Å². The first-order valence-corrected chi connectivity index (χ1v) is 6.73. The summed E-state index contributed by atoms with van der Waals surface area (Å²) >= 11 is 0. The van der Waals surface area contributed by atoms with Crippen LogP contribution in [0.5, 0.6) is 0 Å². The first-order valence-electron chi connectivity index (χ1n) is 6.73. The van der Waals surface area contributed by atoms with E-state index in [4.69, 9.17) is 10.5 Å². The quantitative estimate of drug-likeness (QED) is 0.862. The van der Waals surface area contributed by atoms with Gasteiger partial charge in [0.2, 0.25) is 0 Å². The van der Waals surface area contributed by atoms with Crippen LogP contribution in [0.2, 0.25) is 0 Å². The van der Waals surface area contributed by atoms with Crippen molar-refractivity contribution in [2.24, 2.45) is 5.73 Å². The summed E-state index contributed by atoms with van der Waals surface area (Å²) in [5, 5.41) is 0. The molecule has 1 unspecified atom stereocenters. The second-order valence-electron chi connectivity index (χ2n) is 5.04. The molecule has 0 saturated carbocycles.